The summed E-state index contributed by atoms with van der Waals surface area (Å²) in [7, 11) is -2.37. The summed E-state index contributed by atoms with van der Waals surface area (Å²) in [5.74, 6) is 0.254. The molecule has 26 heavy (non-hydrogen) atoms. The zero-order valence-corrected chi connectivity index (χ0v) is 15.7. The fraction of sp³-hybridized carbons (Fsp3) is 0.316. The van der Waals surface area contributed by atoms with E-state index >= 15 is 0 Å². The number of aryl methyl sites for hydroxylation is 1. The van der Waals surface area contributed by atoms with E-state index in [4.69, 9.17) is 4.74 Å². The fourth-order valence-electron chi connectivity index (χ4n) is 3.02. The highest BCUT2D eigenvalue weighted by molar-refractivity contribution is 7.89. The average molecular weight is 374 g/mol. The highest BCUT2D eigenvalue weighted by Gasteiger charge is 2.26. The highest BCUT2D eigenvalue weighted by Crippen LogP contribution is 2.31. The summed E-state index contributed by atoms with van der Waals surface area (Å²) < 4.78 is 33.6. The summed E-state index contributed by atoms with van der Waals surface area (Å²) in [4.78, 5) is 13.6. The number of hydrogen-bond acceptors (Lipinski definition) is 4. The van der Waals surface area contributed by atoms with Gasteiger partial charge in [-0.2, -0.15) is 0 Å². The predicted octanol–water partition coefficient (Wildman–Crippen LogP) is 2.61. The van der Waals surface area contributed by atoms with Gasteiger partial charge < -0.3 is 9.64 Å². The number of carbonyl (C=O) groups excluding carboxylic acids is 1. The van der Waals surface area contributed by atoms with Gasteiger partial charge in [-0.15, -0.1) is 0 Å². The van der Waals surface area contributed by atoms with Crippen molar-refractivity contribution in [1.82, 2.24) is 4.72 Å². The molecule has 0 unspecified atom stereocenters. The first-order valence-electron chi connectivity index (χ1n) is 8.45. The maximum Gasteiger partial charge on any atom is 0.244 e. The van der Waals surface area contributed by atoms with Crippen LogP contribution in [-0.2, 0) is 21.4 Å². The van der Waals surface area contributed by atoms with Crippen LogP contribution in [0.3, 0.4) is 0 Å². The van der Waals surface area contributed by atoms with Gasteiger partial charge in [0.2, 0.25) is 15.9 Å². The van der Waals surface area contributed by atoms with E-state index < -0.39 is 10.0 Å². The molecule has 138 valence electrons. The molecular weight excluding hydrogens is 352 g/mol. The lowest BCUT2D eigenvalue weighted by atomic mass is 10.1. The van der Waals surface area contributed by atoms with Gasteiger partial charge in [0, 0.05) is 25.2 Å². The summed E-state index contributed by atoms with van der Waals surface area (Å²) in [5, 5.41) is 0. The van der Waals surface area contributed by atoms with Gasteiger partial charge in [-0.1, -0.05) is 24.3 Å². The van der Waals surface area contributed by atoms with Crippen molar-refractivity contribution in [3.05, 3.63) is 53.6 Å². The normalized spacial score (nSPS) is 14.7. The number of benzene rings is 2. The van der Waals surface area contributed by atoms with Crippen molar-refractivity contribution >= 4 is 21.6 Å². The Labute approximate surface area is 153 Å². The second-order valence-electron chi connectivity index (χ2n) is 6.24. The first-order chi connectivity index (χ1) is 12.4. The zero-order valence-electron chi connectivity index (χ0n) is 14.9. The van der Waals surface area contributed by atoms with Crippen molar-refractivity contribution in [2.45, 2.75) is 31.2 Å². The lowest BCUT2D eigenvalue weighted by Gasteiger charge is -2.18. The molecule has 0 spiro atoms. The highest BCUT2D eigenvalue weighted by atomic mass is 32.2. The molecule has 1 aliphatic rings. The molecule has 6 nitrogen and oxygen atoms in total. The van der Waals surface area contributed by atoms with Crippen LogP contribution in [0.4, 0.5) is 5.69 Å². The molecule has 1 N–H and O–H groups in total. The van der Waals surface area contributed by atoms with Gasteiger partial charge in [0.1, 0.15) is 10.6 Å². The minimum atomic E-state index is -3.80. The Hall–Kier alpha value is -2.38. The van der Waals surface area contributed by atoms with Crippen LogP contribution >= 0.6 is 0 Å². The molecule has 0 aliphatic carbocycles. The summed E-state index contributed by atoms with van der Waals surface area (Å²) >= 11 is 0. The van der Waals surface area contributed by atoms with E-state index in [-0.39, 0.29) is 23.1 Å². The number of hydrogen-bond donors (Lipinski definition) is 1. The third-order valence-corrected chi connectivity index (χ3v) is 5.96. The molecule has 2 aromatic rings. The minimum absolute atomic E-state index is 0.00591. The van der Waals surface area contributed by atoms with E-state index in [9.17, 15) is 13.2 Å². The third kappa shape index (κ3) is 3.73. The van der Waals surface area contributed by atoms with Gasteiger partial charge in [0.25, 0.3) is 0 Å². The van der Waals surface area contributed by atoms with Crippen molar-refractivity contribution < 1.29 is 17.9 Å². The Balaban J connectivity index is 1.90. The molecular formula is C19H22N2O4S. The summed E-state index contributed by atoms with van der Waals surface area (Å²) in [6, 6.07) is 12.4. The van der Waals surface area contributed by atoms with Gasteiger partial charge in [0.15, 0.2) is 0 Å². The minimum Gasteiger partial charge on any atom is -0.495 e. The standard InChI is InChI=1S/C19H22N2O4S/c1-14-6-3-4-7-15(14)13-20-26(23,24)18-12-16(9-10-17(18)25-2)21-11-5-8-19(21)22/h3-4,6-7,9-10,12,20H,5,8,11,13H2,1-2H3. The molecule has 1 aliphatic heterocycles. The van der Waals surface area contributed by atoms with Gasteiger partial charge >= 0.3 is 0 Å². The maximum atomic E-state index is 12.9. The van der Waals surface area contributed by atoms with Crippen molar-refractivity contribution in [2.24, 2.45) is 0 Å². The zero-order chi connectivity index (χ0) is 18.7. The van der Waals surface area contributed by atoms with Crippen molar-refractivity contribution in [3.8, 4) is 5.75 Å². The molecule has 3 rings (SSSR count). The number of anilines is 1. The summed E-state index contributed by atoms with van der Waals surface area (Å²) in [5.41, 5.74) is 2.49. The first kappa shape index (κ1) is 18.4. The van der Waals surface area contributed by atoms with Crippen LogP contribution in [0.15, 0.2) is 47.4 Å². The average Bonchev–Trinajstić information content (AvgIpc) is 3.06. The number of methoxy groups -OCH3 is 1. The van der Waals surface area contributed by atoms with E-state index in [1.807, 2.05) is 31.2 Å². The maximum absolute atomic E-state index is 12.9. The molecule has 2 aromatic carbocycles. The SMILES string of the molecule is COc1ccc(N2CCCC2=O)cc1S(=O)(=O)NCc1ccccc1C. The Bertz CT molecular complexity index is 925. The quantitative estimate of drug-likeness (QED) is 0.843. The molecule has 1 fully saturated rings. The molecule has 0 radical (unpaired) electrons. The van der Waals surface area contributed by atoms with Crippen LogP contribution in [0, 0.1) is 6.92 Å². The van der Waals surface area contributed by atoms with Crippen LogP contribution in [0.5, 0.6) is 5.75 Å². The topological polar surface area (TPSA) is 75.7 Å². The van der Waals surface area contributed by atoms with Gasteiger partial charge in [-0.3, -0.25) is 4.79 Å². The Kier molecular flexibility index (Phi) is 5.29. The molecule has 7 heteroatoms. The largest absolute Gasteiger partial charge is 0.495 e. The smallest absolute Gasteiger partial charge is 0.244 e. The number of rotatable bonds is 6. The monoisotopic (exact) mass is 374 g/mol. The van der Waals surface area contributed by atoms with Crippen LogP contribution in [0.25, 0.3) is 0 Å². The van der Waals surface area contributed by atoms with Crippen LogP contribution in [-0.4, -0.2) is 28.0 Å². The Morgan fingerprint density at radius 3 is 2.62 bits per heavy atom. The number of nitrogens with zero attached hydrogens (tertiary/aromatic N) is 1. The number of ether oxygens (including phenoxy) is 1. The van der Waals surface area contributed by atoms with Crippen LogP contribution in [0.2, 0.25) is 0 Å². The predicted molar refractivity (Wildman–Crippen MR) is 99.8 cm³/mol. The lowest BCUT2D eigenvalue weighted by molar-refractivity contribution is -0.117. The van der Waals surface area contributed by atoms with Crippen LogP contribution in [0.1, 0.15) is 24.0 Å². The fourth-order valence-corrected chi connectivity index (χ4v) is 4.22. The molecule has 1 saturated heterocycles. The van der Waals surface area contributed by atoms with Crippen molar-refractivity contribution in [2.75, 3.05) is 18.6 Å². The Morgan fingerprint density at radius 1 is 1.19 bits per heavy atom. The first-order valence-corrected chi connectivity index (χ1v) is 9.93. The number of sulfonamides is 1. The number of carbonyl (C=O) groups is 1. The van der Waals surface area contributed by atoms with E-state index in [1.54, 1.807) is 17.0 Å². The van der Waals surface area contributed by atoms with E-state index in [1.165, 1.54) is 13.2 Å². The third-order valence-electron chi connectivity index (χ3n) is 4.54. The van der Waals surface area contributed by atoms with E-state index in [2.05, 4.69) is 4.72 Å². The lowest BCUT2D eigenvalue weighted by Crippen LogP contribution is -2.26. The second kappa shape index (κ2) is 7.47. The number of amides is 1. The second-order valence-corrected chi connectivity index (χ2v) is 7.97. The molecule has 1 amide bonds. The Morgan fingerprint density at radius 2 is 1.96 bits per heavy atom. The van der Waals surface area contributed by atoms with E-state index in [0.29, 0.717) is 18.7 Å². The van der Waals surface area contributed by atoms with Crippen LogP contribution < -0.4 is 14.4 Å². The molecule has 0 saturated carbocycles. The summed E-state index contributed by atoms with van der Waals surface area (Å²) in [6.45, 7) is 2.72. The van der Waals surface area contributed by atoms with Gasteiger partial charge in [-0.25, -0.2) is 13.1 Å². The molecule has 0 bridgehead atoms. The number of nitrogens with one attached hydrogen (secondary N) is 1. The van der Waals surface area contributed by atoms with Crippen molar-refractivity contribution in [1.29, 1.82) is 0 Å². The van der Waals surface area contributed by atoms with E-state index in [0.717, 1.165) is 17.5 Å². The van der Waals surface area contributed by atoms with Crippen molar-refractivity contribution in [3.63, 3.8) is 0 Å². The van der Waals surface area contributed by atoms with Gasteiger partial charge in [-0.05, 0) is 42.7 Å². The molecule has 0 aromatic heterocycles. The molecule has 0 atom stereocenters. The van der Waals surface area contributed by atoms with Gasteiger partial charge in [0.05, 0.1) is 7.11 Å². The summed E-state index contributed by atoms with van der Waals surface area (Å²) in [6.07, 6.45) is 1.26. The molecule has 1 heterocycles.